The van der Waals surface area contributed by atoms with Gasteiger partial charge in [-0.2, -0.15) is 14.9 Å². The minimum atomic E-state index is -0.850. The number of fused-ring (bicyclic) bond motifs is 1. The van der Waals surface area contributed by atoms with Crippen LogP contribution in [0.3, 0.4) is 0 Å². The Balaban J connectivity index is 1.99. The van der Waals surface area contributed by atoms with Gasteiger partial charge in [0, 0.05) is 6.42 Å². The lowest BCUT2D eigenvalue weighted by atomic mass is 10.2. The Morgan fingerprint density at radius 2 is 2.40 bits per heavy atom. The molecule has 3 N–H and O–H groups in total. The molecule has 3 atom stereocenters. The monoisotopic (exact) mass is 303 g/mol. The Morgan fingerprint density at radius 3 is 3.05 bits per heavy atom. The van der Waals surface area contributed by atoms with Gasteiger partial charge >= 0.3 is 0 Å². The van der Waals surface area contributed by atoms with Crippen LogP contribution in [0.4, 0.5) is 10.3 Å². The summed E-state index contributed by atoms with van der Waals surface area (Å²) in [6.07, 6.45) is -0.530. The highest BCUT2D eigenvalue weighted by Crippen LogP contribution is 2.33. The van der Waals surface area contributed by atoms with E-state index in [1.54, 1.807) is 4.57 Å². The molecule has 0 spiro atoms. The fourth-order valence-corrected chi connectivity index (χ4v) is 2.42. The molecule has 0 amide bonds. The number of imidazole rings is 1. The fourth-order valence-electron chi connectivity index (χ4n) is 2.25. The Kier molecular flexibility index (Phi) is 3.42. The first kappa shape index (κ1) is 13.4. The second-order valence-corrected chi connectivity index (χ2v) is 4.71. The Labute approximate surface area is 117 Å². The first-order chi connectivity index (χ1) is 9.63. The third kappa shape index (κ3) is 2.08. The number of aliphatic hydroxyl groups excluding tert-OH is 1. The molecule has 0 bridgehead atoms. The van der Waals surface area contributed by atoms with Crippen LogP contribution < -0.4 is 5.73 Å². The summed E-state index contributed by atoms with van der Waals surface area (Å²) in [5.74, 6) is 0.147. The summed E-state index contributed by atoms with van der Waals surface area (Å²) < 4.78 is 19.5. The molecule has 1 aliphatic rings. The SMILES string of the molecule is Nc1nc(Cl)nc2c1ncn2[C@H]1C[C@@H](OF)[C@@H](CO)O1. The zero-order valence-electron chi connectivity index (χ0n) is 10.1. The molecule has 0 unspecified atom stereocenters. The molecule has 1 fully saturated rings. The van der Waals surface area contributed by atoms with Crippen molar-refractivity contribution in [1.82, 2.24) is 19.5 Å². The van der Waals surface area contributed by atoms with Crippen LogP contribution in [-0.4, -0.2) is 43.4 Å². The first-order valence-electron chi connectivity index (χ1n) is 5.83. The van der Waals surface area contributed by atoms with Crippen molar-refractivity contribution in [2.45, 2.75) is 24.9 Å². The second kappa shape index (κ2) is 5.09. The van der Waals surface area contributed by atoms with E-state index in [-0.39, 0.29) is 24.1 Å². The van der Waals surface area contributed by atoms with E-state index in [2.05, 4.69) is 19.9 Å². The van der Waals surface area contributed by atoms with Crippen LogP contribution in [0.5, 0.6) is 0 Å². The summed E-state index contributed by atoms with van der Waals surface area (Å²) in [5, 5.41) is 9.10. The molecule has 0 radical (unpaired) electrons. The number of nitrogens with two attached hydrogens (primary N) is 1. The van der Waals surface area contributed by atoms with Crippen molar-refractivity contribution < 1.29 is 19.3 Å². The smallest absolute Gasteiger partial charge is 0.226 e. The standard InChI is InChI=1S/C10H11ClFN5O3/c11-10-15-8(13)7-9(16-10)17(3-14-7)6-1-4(20-12)5(2-18)19-6/h3-6,18H,1-2H2,(H2,13,15,16)/t4-,5-,6-/m1/s1. The minimum Gasteiger partial charge on any atom is -0.394 e. The zero-order chi connectivity index (χ0) is 14.3. The van der Waals surface area contributed by atoms with Crippen molar-refractivity contribution >= 4 is 28.6 Å². The normalized spacial score (nSPS) is 26.4. The average molecular weight is 304 g/mol. The van der Waals surface area contributed by atoms with Gasteiger partial charge in [-0.1, -0.05) is 0 Å². The lowest BCUT2D eigenvalue weighted by molar-refractivity contribution is -0.197. The predicted octanol–water partition coefficient (Wildman–Crippen LogP) is 0.611. The maximum Gasteiger partial charge on any atom is 0.226 e. The van der Waals surface area contributed by atoms with Crippen molar-refractivity contribution in [1.29, 1.82) is 0 Å². The highest BCUT2D eigenvalue weighted by Gasteiger charge is 2.38. The maximum atomic E-state index is 12.4. The van der Waals surface area contributed by atoms with Crippen molar-refractivity contribution in [3.05, 3.63) is 11.6 Å². The molecule has 10 heteroatoms. The van der Waals surface area contributed by atoms with E-state index in [4.69, 9.17) is 27.2 Å². The number of aliphatic hydroxyl groups is 1. The average Bonchev–Trinajstić information content (AvgIpc) is 3.01. The lowest BCUT2D eigenvalue weighted by Crippen LogP contribution is -2.25. The summed E-state index contributed by atoms with van der Waals surface area (Å²) in [4.78, 5) is 15.7. The van der Waals surface area contributed by atoms with E-state index in [9.17, 15) is 4.53 Å². The molecule has 1 aliphatic heterocycles. The van der Waals surface area contributed by atoms with Gasteiger partial charge in [0.15, 0.2) is 11.5 Å². The van der Waals surface area contributed by atoms with E-state index in [0.29, 0.717) is 11.2 Å². The Bertz CT molecular complexity index is 627. The number of ether oxygens (including phenoxy) is 1. The molecule has 2 aromatic heterocycles. The lowest BCUT2D eigenvalue weighted by Gasteiger charge is -2.13. The van der Waals surface area contributed by atoms with Crippen molar-refractivity contribution in [2.75, 3.05) is 12.3 Å². The number of halogens is 2. The summed E-state index contributed by atoms with van der Waals surface area (Å²) >= 11 is 5.76. The molecule has 2 aromatic rings. The molecule has 1 saturated heterocycles. The summed E-state index contributed by atoms with van der Waals surface area (Å²) in [5.41, 5.74) is 6.46. The molecule has 8 nitrogen and oxygen atoms in total. The molecule has 0 saturated carbocycles. The number of nitrogens with zero attached hydrogens (tertiary/aromatic N) is 4. The number of hydrogen-bond acceptors (Lipinski definition) is 7. The predicted molar refractivity (Wildman–Crippen MR) is 66.3 cm³/mol. The molecule has 20 heavy (non-hydrogen) atoms. The van der Waals surface area contributed by atoms with Crippen molar-refractivity contribution in [3.8, 4) is 0 Å². The number of rotatable bonds is 3. The summed E-state index contributed by atoms with van der Waals surface area (Å²) in [6.45, 7) is -0.352. The van der Waals surface area contributed by atoms with Gasteiger partial charge in [-0.3, -0.25) is 4.57 Å². The summed E-state index contributed by atoms with van der Waals surface area (Å²) in [7, 11) is 0. The van der Waals surface area contributed by atoms with E-state index in [1.165, 1.54) is 6.33 Å². The van der Waals surface area contributed by atoms with Crippen molar-refractivity contribution in [3.63, 3.8) is 0 Å². The Hall–Kier alpha value is -1.55. The van der Waals surface area contributed by atoms with Crippen LogP contribution in [-0.2, 0) is 9.68 Å². The quantitative estimate of drug-likeness (QED) is 0.800. The molecule has 108 valence electrons. The van der Waals surface area contributed by atoms with E-state index in [1.807, 2.05) is 0 Å². The molecule has 0 aromatic carbocycles. The Morgan fingerprint density at radius 1 is 1.60 bits per heavy atom. The first-order valence-corrected chi connectivity index (χ1v) is 6.21. The van der Waals surface area contributed by atoms with Gasteiger partial charge in [-0.05, 0) is 16.1 Å². The third-order valence-electron chi connectivity index (χ3n) is 3.21. The van der Waals surface area contributed by atoms with Crippen LogP contribution >= 0.6 is 11.6 Å². The molecule has 0 aliphatic carbocycles. The van der Waals surface area contributed by atoms with Crippen LogP contribution in [0.1, 0.15) is 12.6 Å². The maximum absolute atomic E-state index is 12.4. The highest BCUT2D eigenvalue weighted by atomic mass is 35.5. The second-order valence-electron chi connectivity index (χ2n) is 4.38. The largest absolute Gasteiger partial charge is 0.394 e. The van der Waals surface area contributed by atoms with Crippen LogP contribution in [0, 0.1) is 0 Å². The molecule has 3 rings (SSSR count). The van der Waals surface area contributed by atoms with Gasteiger partial charge in [0.05, 0.1) is 12.9 Å². The van der Waals surface area contributed by atoms with E-state index < -0.39 is 18.4 Å². The molecule has 3 heterocycles. The number of aromatic nitrogens is 4. The van der Waals surface area contributed by atoms with Crippen LogP contribution in [0.25, 0.3) is 11.2 Å². The van der Waals surface area contributed by atoms with Crippen molar-refractivity contribution in [2.24, 2.45) is 0 Å². The van der Waals surface area contributed by atoms with Gasteiger partial charge in [-0.15, -0.1) is 0 Å². The molecular formula is C10H11ClFN5O3. The zero-order valence-corrected chi connectivity index (χ0v) is 10.9. The summed E-state index contributed by atoms with van der Waals surface area (Å²) in [6, 6.07) is 0. The fraction of sp³-hybridized carbons (Fsp3) is 0.500. The topological polar surface area (TPSA) is 108 Å². The number of nitrogen functional groups attached to an aromatic ring is 1. The van der Waals surface area contributed by atoms with Crippen LogP contribution in [0.2, 0.25) is 5.28 Å². The van der Waals surface area contributed by atoms with E-state index >= 15 is 0 Å². The number of hydrogen-bond donors (Lipinski definition) is 2. The third-order valence-corrected chi connectivity index (χ3v) is 3.38. The minimum absolute atomic E-state index is 0.0215. The number of anilines is 1. The molecular weight excluding hydrogens is 293 g/mol. The van der Waals surface area contributed by atoms with Gasteiger partial charge in [0.2, 0.25) is 5.28 Å². The van der Waals surface area contributed by atoms with Gasteiger partial charge in [0.1, 0.15) is 24.0 Å². The van der Waals surface area contributed by atoms with Crippen LogP contribution in [0.15, 0.2) is 6.33 Å². The highest BCUT2D eigenvalue weighted by molar-refractivity contribution is 6.28. The van der Waals surface area contributed by atoms with Gasteiger partial charge in [0.25, 0.3) is 0 Å². The van der Waals surface area contributed by atoms with Gasteiger partial charge in [-0.25, -0.2) is 4.98 Å². The van der Waals surface area contributed by atoms with E-state index in [0.717, 1.165) is 0 Å². The van der Waals surface area contributed by atoms with Gasteiger partial charge < -0.3 is 15.6 Å².